The van der Waals surface area contributed by atoms with Crippen molar-refractivity contribution in [2.24, 2.45) is 5.73 Å². The Hall–Kier alpha value is -3.07. The monoisotopic (exact) mass is 412 g/mol. The minimum absolute atomic E-state index is 0.0121. The van der Waals surface area contributed by atoms with Crippen molar-refractivity contribution in [2.45, 2.75) is 24.2 Å². The van der Waals surface area contributed by atoms with Crippen molar-refractivity contribution >= 4 is 34.7 Å². The molecule has 3 heterocycles. The Morgan fingerprint density at radius 2 is 2.17 bits per heavy atom. The fraction of sp³-hybridized carbons (Fsp3) is 0.300. The van der Waals surface area contributed by atoms with E-state index in [4.69, 9.17) is 14.9 Å². The fourth-order valence-electron chi connectivity index (χ4n) is 3.20. The lowest BCUT2D eigenvalue weighted by Crippen LogP contribution is -2.45. The van der Waals surface area contributed by atoms with Gasteiger partial charge in [-0.1, -0.05) is 23.9 Å². The summed E-state index contributed by atoms with van der Waals surface area (Å²) in [6.45, 7) is 1.18. The molecule has 150 valence electrons. The number of aromatic nitrogens is 2. The average Bonchev–Trinajstić information content (AvgIpc) is 3.15. The van der Waals surface area contributed by atoms with Gasteiger partial charge in [0.15, 0.2) is 5.58 Å². The number of fused-ring (bicyclic) bond motifs is 1. The number of carbonyl (C=O) groups is 2. The topological polar surface area (TPSA) is 112 Å². The molecule has 2 amide bonds. The van der Waals surface area contributed by atoms with Gasteiger partial charge >= 0.3 is 0 Å². The molecule has 29 heavy (non-hydrogen) atoms. The summed E-state index contributed by atoms with van der Waals surface area (Å²) in [4.78, 5) is 34.0. The van der Waals surface area contributed by atoms with Crippen LogP contribution in [0.25, 0.3) is 11.1 Å². The van der Waals surface area contributed by atoms with Gasteiger partial charge in [0.25, 0.3) is 11.1 Å². The lowest BCUT2D eigenvalue weighted by molar-refractivity contribution is -0.130. The number of para-hydroxylation sites is 2. The maximum Gasteiger partial charge on any atom is 0.267 e. The van der Waals surface area contributed by atoms with Crippen LogP contribution in [0.3, 0.4) is 0 Å². The number of thioether (sulfide) groups is 1. The lowest BCUT2D eigenvalue weighted by Gasteiger charge is -2.32. The molecule has 1 aliphatic heterocycles. The maximum absolute atomic E-state index is 12.6. The van der Waals surface area contributed by atoms with Gasteiger partial charge in [-0.25, -0.2) is 4.98 Å². The third-order valence-corrected chi connectivity index (χ3v) is 5.42. The quantitative estimate of drug-likeness (QED) is 0.619. The first-order chi connectivity index (χ1) is 14.1. The minimum Gasteiger partial charge on any atom is -0.488 e. The largest absolute Gasteiger partial charge is 0.488 e. The molecule has 0 spiro atoms. The average molecular weight is 412 g/mol. The van der Waals surface area contributed by atoms with Crippen LogP contribution >= 0.6 is 11.8 Å². The molecular formula is C20H20N4O4S. The maximum atomic E-state index is 12.6. The highest BCUT2D eigenvalue weighted by molar-refractivity contribution is 7.99. The van der Waals surface area contributed by atoms with E-state index in [9.17, 15) is 9.59 Å². The van der Waals surface area contributed by atoms with E-state index in [1.807, 2.05) is 24.3 Å². The van der Waals surface area contributed by atoms with Crippen LogP contribution in [0.5, 0.6) is 5.75 Å². The van der Waals surface area contributed by atoms with E-state index in [-0.39, 0.29) is 23.5 Å². The van der Waals surface area contributed by atoms with Gasteiger partial charge in [0, 0.05) is 18.8 Å². The van der Waals surface area contributed by atoms with Crippen LogP contribution in [0.2, 0.25) is 0 Å². The van der Waals surface area contributed by atoms with E-state index < -0.39 is 5.91 Å². The van der Waals surface area contributed by atoms with Gasteiger partial charge < -0.3 is 19.8 Å². The summed E-state index contributed by atoms with van der Waals surface area (Å²) in [5.74, 6) is 0.180. The third-order valence-electron chi connectivity index (χ3n) is 4.61. The minimum atomic E-state index is -0.605. The molecule has 1 atom stereocenters. The predicted octanol–water partition coefficient (Wildman–Crippen LogP) is 2.48. The van der Waals surface area contributed by atoms with Crippen LogP contribution in [-0.4, -0.2) is 51.6 Å². The lowest BCUT2D eigenvalue weighted by atomic mass is 10.1. The van der Waals surface area contributed by atoms with Gasteiger partial charge in [0.05, 0.1) is 12.3 Å². The first kappa shape index (κ1) is 19.3. The zero-order valence-electron chi connectivity index (χ0n) is 15.6. The number of nitrogens with two attached hydrogens (primary N) is 1. The van der Waals surface area contributed by atoms with E-state index in [1.54, 1.807) is 11.0 Å². The summed E-state index contributed by atoms with van der Waals surface area (Å²) in [5.41, 5.74) is 6.90. The van der Waals surface area contributed by atoms with Crippen LogP contribution in [0.4, 0.5) is 0 Å². The summed E-state index contributed by atoms with van der Waals surface area (Å²) in [7, 11) is 0. The molecule has 0 bridgehead atoms. The van der Waals surface area contributed by atoms with Gasteiger partial charge in [0.1, 0.15) is 23.1 Å². The summed E-state index contributed by atoms with van der Waals surface area (Å²) in [6, 6.07) is 10.7. The summed E-state index contributed by atoms with van der Waals surface area (Å²) in [6.07, 6.45) is 3.01. The number of hydrogen-bond acceptors (Lipinski definition) is 7. The first-order valence-electron chi connectivity index (χ1n) is 9.27. The van der Waals surface area contributed by atoms with Crippen LogP contribution in [-0.2, 0) is 4.79 Å². The number of rotatable bonds is 6. The molecule has 0 aliphatic carbocycles. The Morgan fingerprint density at radius 3 is 3.00 bits per heavy atom. The number of amides is 2. The number of oxazole rings is 1. The van der Waals surface area contributed by atoms with Crippen molar-refractivity contribution in [3.05, 3.63) is 48.3 Å². The normalized spacial score (nSPS) is 16.7. The Balaban J connectivity index is 1.33. The van der Waals surface area contributed by atoms with E-state index in [0.717, 1.165) is 18.4 Å². The van der Waals surface area contributed by atoms with Crippen LogP contribution < -0.4 is 10.5 Å². The highest BCUT2D eigenvalue weighted by atomic mass is 32.2. The van der Waals surface area contributed by atoms with Gasteiger partial charge in [-0.05, 0) is 31.0 Å². The number of likely N-dealkylation sites (tertiary alicyclic amines) is 1. The third kappa shape index (κ3) is 4.68. The van der Waals surface area contributed by atoms with Gasteiger partial charge in [-0.15, -0.1) is 0 Å². The number of carbonyl (C=O) groups excluding carboxylic acids is 2. The highest BCUT2D eigenvalue weighted by Gasteiger charge is 2.25. The number of ether oxygens (including phenoxy) is 1. The number of nitrogens with zero attached hydrogens (tertiary/aromatic N) is 3. The molecule has 2 aromatic heterocycles. The zero-order valence-corrected chi connectivity index (χ0v) is 16.4. The summed E-state index contributed by atoms with van der Waals surface area (Å²) < 4.78 is 11.6. The molecule has 9 heteroatoms. The molecule has 2 N–H and O–H groups in total. The molecule has 3 aromatic rings. The van der Waals surface area contributed by atoms with Crippen molar-refractivity contribution in [3.63, 3.8) is 0 Å². The number of benzene rings is 1. The Kier molecular flexibility index (Phi) is 5.66. The van der Waals surface area contributed by atoms with Crippen LogP contribution in [0.1, 0.15) is 23.3 Å². The smallest absolute Gasteiger partial charge is 0.267 e. The molecule has 1 fully saturated rings. The zero-order chi connectivity index (χ0) is 20.2. The molecule has 1 saturated heterocycles. The predicted molar refractivity (Wildman–Crippen MR) is 108 cm³/mol. The second-order valence-electron chi connectivity index (χ2n) is 6.70. The van der Waals surface area contributed by atoms with E-state index in [0.29, 0.717) is 29.6 Å². The number of hydrogen-bond donors (Lipinski definition) is 1. The summed E-state index contributed by atoms with van der Waals surface area (Å²) >= 11 is 1.29. The van der Waals surface area contributed by atoms with Gasteiger partial charge in [0.2, 0.25) is 5.91 Å². The Morgan fingerprint density at radius 1 is 1.31 bits per heavy atom. The standard InChI is InChI=1S/C20H20N4O4S/c21-19(26)16-10-13(7-8-22-16)27-14-4-3-9-24(11-14)18(25)12-29-20-23-15-5-1-2-6-17(15)28-20/h1-2,5-8,10,14H,3-4,9,11-12H2,(H2,21,26). The Labute approximate surface area is 171 Å². The molecule has 1 unspecified atom stereocenters. The molecule has 0 radical (unpaired) electrons. The van der Waals surface area contributed by atoms with Crippen molar-refractivity contribution in [1.82, 2.24) is 14.9 Å². The van der Waals surface area contributed by atoms with Crippen molar-refractivity contribution in [3.8, 4) is 5.75 Å². The summed E-state index contributed by atoms with van der Waals surface area (Å²) in [5, 5.41) is 0.486. The number of pyridine rings is 1. The second-order valence-corrected chi connectivity index (χ2v) is 7.63. The van der Waals surface area contributed by atoms with E-state index >= 15 is 0 Å². The molecular weight excluding hydrogens is 392 g/mol. The first-order valence-corrected chi connectivity index (χ1v) is 10.3. The van der Waals surface area contributed by atoms with Crippen molar-refractivity contribution in [2.75, 3.05) is 18.8 Å². The fourth-order valence-corrected chi connectivity index (χ4v) is 3.94. The SMILES string of the molecule is NC(=O)c1cc(OC2CCCN(C(=O)CSc3nc4ccccc4o3)C2)ccn1. The second kappa shape index (κ2) is 8.52. The molecule has 1 aromatic carbocycles. The van der Waals surface area contributed by atoms with E-state index in [2.05, 4.69) is 9.97 Å². The highest BCUT2D eigenvalue weighted by Crippen LogP contribution is 2.24. The molecule has 4 rings (SSSR count). The van der Waals surface area contributed by atoms with Crippen molar-refractivity contribution in [1.29, 1.82) is 0 Å². The number of primary amides is 1. The molecule has 1 aliphatic rings. The van der Waals surface area contributed by atoms with E-state index in [1.165, 1.54) is 24.0 Å². The van der Waals surface area contributed by atoms with Crippen LogP contribution in [0, 0.1) is 0 Å². The molecule has 0 saturated carbocycles. The number of piperidine rings is 1. The van der Waals surface area contributed by atoms with Crippen molar-refractivity contribution < 1.29 is 18.7 Å². The van der Waals surface area contributed by atoms with Gasteiger partial charge in [-0.3, -0.25) is 14.6 Å². The van der Waals surface area contributed by atoms with Gasteiger partial charge in [-0.2, -0.15) is 0 Å². The Bertz CT molecular complexity index is 1010. The van der Waals surface area contributed by atoms with Crippen LogP contribution in [0.15, 0.2) is 52.2 Å². The molecule has 8 nitrogen and oxygen atoms in total.